The third kappa shape index (κ3) is 4.86. The van der Waals surface area contributed by atoms with Crippen molar-refractivity contribution >= 4 is 17.0 Å². The number of rotatable bonds is 7. The second kappa shape index (κ2) is 8.83. The van der Waals surface area contributed by atoms with E-state index in [0.717, 1.165) is 36.4 Å². The molecule has 3 heterocycles. The van der Waals surface area contributed by atoms with Crippen molar-refractivity contribution in [3.05, 3.63) is 23.0 Å². The Labute approximate surface area is 161 Å². The molecule has 0 unspecified atom stereocenters. The minimum atomic E-state index is -0.0672. The lowest BCUT2D eigenvalue weighted by atomic mass is 9.99. The van der Waals surface area contributed by atoms with Gasteiger partial charge >= 0.3 is 0 Å². The molecule has 148 valence electrons. The number of carbonyl (C=O) groups is 1. The van der Waals surface area contributed by atoms with Crippen LogP contribution in [0.5, 0.6) is 0 Å². The van der Waals surface area contributed by atoms with E-state index in [9.17, 15) is 4.79 Å². The average molecular weight is 373 g/mol. The Morgan fingerprint density at radius 2 is 2.07 bits per heavy atom. The number of carbonyl (C=O) groups excluding carboxylic acids is 1. The number of likely N-dealkylation sites (tertiary alicyclic amines) is 1. The van der Waals surface area contributed by atoms with Gasteiger partial charge in [-0.15, -0.1) is 0 Å². The number of amides is 1. The van der Waals surface area contributed by atoms with E-state index in [-0.39, 0.29) is 11.8 Å². The van der Waals surface area contributed by atoms with Gasteiger partial charge < -0.3 is 14.7 Å². The smallest absolute Gasteiger partial charge is 0.259 e. The Bertz CT molecular complexity index is 776. The summed E-state index contributed by atoms with van der Waals surface area (Å²) in [5.41, 5.74) is 2.62. The molecular weight excluding hydrogens is 340 g/mol. The van der Waals surface area contributed by atoms with Gasteiger partial charge in [0.15, 0.2) is 0 Å². The van der Waals surface area contributed by atoms with Crippen LogP contribution in [0.3, 0.4) is 0 Å². The maximum Gasteiger partial charge on any atom is 0.259 e. The van der Waals surface area contributed by atoms with Crippen molar-refractivity contribution in [3.63, 3.8) is 0 Å². The zero-order chi connectivity index (χ0) is 19.4. The Morgan fingerprint density at radius 1 is 1.33 bits per heavy atom. The quantitative estimate of drug-likeness (QED) is 0.747. The summed E-state index contributed by atoms with van der Waals surface area (Å²) in [4.78, 5) is 19.8. The number of hydrogen-bond donors (Lipinski definition) is 1. The van der Waals surface area contributed by atoms with E-state index < -0.39 is 0 Å². The van der Waals surface area contributed by atoms with Crippen LogP contribution in [0, 0.1) is 12.8 Å². The number of unbranched alkanes of at least 4 members (excludes halogenated alkanes) is 1. The van der Waals surface area contributed by atoms with Crippen LogP contribution < -0.4 is 5.32 Å². The fraction of sp³-hybridized carbons (Fsp3) is 0.667. The number of fused-ring (bicyclic) bond motifs is 1. The molecule has 6 nitrogen and oxygen atoms in total. The van der Waals surface area contributed by atoms with Crippen LogP contribution in [0.2, 0.25) is 0 Å². The third-order valence-electron chi connectivity index (χ3n) is 5.54. The Hall–Kier alpha value is -1.95. The van der Waals surface area contributed by atoms with Crippen LogP contribution in [0.15, 0.2) is 10.6 Å². The molecule has 1 fully saturated rings. The highest BCUT2D eigenvalue weighted by atomic mass is 16.5. The highest BCUT2D eigenvalue weighted by Gasteiger charge is 2.19. The van der Waals surface area contributed by atoms with Gasteiger partial charge in [0.2, 0.25) is 0 Å². The van der Waals surface area contributed by atoms with Crippen molar-refractivity contribution in [2.24, 2.45) is 5.92 Å². The maximum atomic E-state index is 12.8. The lowest BCUT2D eigenvalue weighted by molar-refractivity contribution is 0.0953. The largest absolute Gasteiger partial charge is 0.352 e. The van der Waals surface area contributed by atoms with Gasteiger partial charge in [-0.25, -0.2) is 4.98 Å². The summed E-state index contributed by atoms with van der Waals surface area (Å²) >= 11 is 0. The van der Waals surface area contributed by atoms with Crippen molar-refractivity contribution in [2.45, 2.75) is 59.3 Å². The number of nitrogens with one attached hydrogen (secondary N) is 1. The fourth-order valence-electron chi connectivity index (χ4n) is 3.63. The van der Waals surface area contributed by atoms with Gasteiger partial charge in [-0.3, -0.25) is 4.79 Å². The van der Waals surface area contributed by atoms with Crippen LogP contribution in [-0.2, 0) is 0 Å². The molecule has 1 aliphatic heterocycles. The monoisotopic (exact) mass is 372 g/mol. The molecule has 1 saturated heterocycles. The zero-order valence-electron chi connectivity index (χ0n) is 17.0. The third-order valence-corrected chi connectivity index (χ3v) is 5.54. The van der Waals surface area contributed by atoms with Gasteiger partial charge in [0, 0.05) is 12.2 Å². The summed E-state index contributed by atoms with van der Waals surface area (Å²) in [5, 5.41) is 7.77. The lowest BCUT2D eigenvalue weighted by Gasteiger charge is -2.30. The number of aromatic nitrogens is 2. The van der Waals surface area contributed by atoms with Crippen LogP contribution in [0.4, 0.5) is 0 Å². The summed E-state index contributed by atoms with van der Waals surface area (Å²) in [6.07, 6.45) is 4.73. The Morgan fingerprint density at radius 3 is 2.78 bits per heavy atom. The second-order valence-corrected chi connectivity index (χ2v) is 8.18. The molecule has 1 aliphatic rings. The molecule has 3 rings (SSSR count). The number of hydrogen-bond acceptors (Lipinski definition) is 5. The van der Waals surface area contributed by atoms with E-state index in [1.807, 2.05) is 13.0 Å². The molecule has 2 aromatic rings. The molecule has 0 saturated carbocycles. The Kier molecular flexibility index (Phi) is 6.47. The lowest BCUT2D eigenvalue weighted by Crippen LogP contribution is -2.34. The predicted octanol–water partition coefficient (Wildman–Crippen LogP) is 3.90. The maximum absolute atomic E-state index is 12.8. The molecule has 2 aromatic heterocycles. The molecule has 0 aliphatic carbocycles. The summed E-state index contributed by atoms with van der Waals surface area (Å²) in [6, 6.07) is 1.88. The summed E-state index contributed by atoms with van der Waals surface area (Å²) in [6.45, 7) is 12.5. The highest BCUT2D eigenvalue weighted by Crippen LogP contribution is 2.25. The van der Waals surface area contributed by atoms with E-state index in [2.05, 4.69) is 41.1 Å². The standard InChI is InChI=1S/C21H32N4O2/c1-14(2)18-13-17(19-16(4)24-27-21(19)23-18)20(26)22-9-5-6-10-25-11-7-15(3)8-12-25/h13-15H,5-12H2,1-4H3,(H,22,26). The van der Waals surface area contributed by atoms with E-state index in [0.29, 0.717) is 23.5 Å². The van der Waals surface area contributed by atoms with Gasteiger partial charge in [-0.05, 0) is 70.1 Å². The van der Waals surface area contributed by atoms with E-state index in [1.54, 1.807) is 0 Å². The topological polar surface area (TPSA) is 71.3 Å². The van der Waals surface area contributed by atoms with Crippen molar-refractivity contribution in [1.29, 1.82) is 0 Å². The minimum Gasteiger partial charge on any atom is -0.352 e. The number of nitrogens with zero attached hydrogens (tertiary/aromatic N) is 3. The normalized spacial score (nSPS) is 16.3. The average Bonchev–Trinajstić information content (AvgIpc) is 3.03. The van der Waals surface area contributed by atoms with Crippen molar-refractivity contribution in [3.8, 4) is 0 Å². The zero-order valence-corrected chi connectivity index (χ0v) is 17.0. The first-order valence-electron chi connectivity index (χ1n) is 10.2. The molecule has 6 heteroatoms. The second-order valence-electron chi connectivity index (χ2n) is 8.18. The van der Waals surface area contributed by atoms with Crippen LogP contribution >= 0.6 is 0 Å². The van der Waals surface area contributed by atoms with Gasteiger partial charge in [0.25, 0.3) is 11.6 Å². The number of piperidine rings is 1. The van der Waals surface area contributed by atoms with Crippen LogP contribution in [-0.4, -0.2) is 47.1 Å². The predicted molar refractivity (Wildman–Crippen MR) is 107 cm³/mol. The molecule has 0 radical (unpaired) electrons. The minimum absolute atomic E-state index is 0.0672. The van der Waals surface area contributed by atoms with E-state index in [1.165, 1.54) is 25.9 Å². The molecule has 0 atom stereocenters. The first kappa shape index (κ1) is 19.8. The molecule has 27 heavy (non-hydrogen) atoms. The first-order valence-corrected chi connectivity index (χ1v) is 10.2. The first-order chi connectivity index (χ1) is 13.0. The van der Waals surface area contributed by atoms with Gasteiger partial charge in [-0.2, -0.15) is 0 Å². The van der Waals surface area contributed by atoms with Gasteiger partial charge in [0.1, 0.15) is 0 Å². The number of aryl methyl sites for hydroxylation is 1. The molecular formula is C21H32N4O2. The molecule has 1 amide bonds. The van der Waals surface area contributed by atoms with Crippen LogP contribution in [0.25, 0.3) is 11.1 Å². The van der Waals surface area contributed by atoms with Crippen molar-refractivity contribution < 1.29 is 9.32 Å². The molecule has 1 N–H and O–H groups in total. The molecule has 0 aromatic carbocycles. The van der Waals surface area contributed by atoms with Crippen molar-refractivity contribution in [1.82, 2.24) is 20.4 Å². The van der Waals surface area contributed by atoms with Crippen LogP contribution in [0.1, 0.15) is 74.1 Å². The molecule has 0 bridgehead atoms. The summed E-state index contributed by atoms with van der Waals surface area (Å²) < 4.78 is 5.30. The summed E-state index contributed by atoms with van der Waals surface area (Å²) in [7, 11) is 0. The van der Waals surface area contributed by atoms with E-state index >= 15 is 0 Å². The van der Waals surface area contributed by atoms with Crippen molar-refractivity contribution in [2.75, 3.05) is 26.2 Å². The van der Waals surface area contributed by atoms with Gasteiger partial charge in [0.05, 0.1) is 16.6 Å². The Balaban J connectivity index is 1.54. The SMILES string of the molecule is Cc1noc2nc(C(C)C)cc(C(=O)NCCCCN3CCC(C)CC3)c12. The summed E-state index contributed by atoms with van der Waals surface area (Å²) in [5.74, 6) is 1.02. The highest BCUT2D eigenvalue weighted by molar-refractivity contribution is 6.06. The molecule has 0 spiro atoms. The number of pyridine rings is 1. The fourth-order valence-corrected chi connectivity index (χ4v) is 3.63. The van der Waals surface area contributed by atoms with E-state index in [4.69, 9.17) is 4.52 Å². The van der Waals surface area contributed by atoms with Gasteiger partial charge in [-0.1, -0.05) is 25.9 Å².